The molecule has 0 bridgehead atoms. The zero-order valence-electron chi connectivity index (χ0n) is 12.4. The minimum absolute atomic E-state index is 0.0736. The molecule has 21 heavy (non-hydrogen) atoms. The van der Waals surface area contributed by atoms with Crippen LogP contribution < -0.4 is 20.1 Å². The Balaban J connectivity index is 2.04. The summed E-state index contributed by atoms with van der Waals surface area (Å²) in [6.07, 6.45) is 3.59. The van der Waals surface area contributed by atoms with Gasteiger partial charge in [-0.3, -0.25) is 4.79 Å². The van der Waals surface area contributed by atoms with Crippen molar-refractivity contribution < 1.29 is 14.3 Å². The summed E-state index contributed by atoms with van der Waals surface area (Å²) in [5.41, 5.74) is 0.580. The van der Waals surface area contributed by atoms with Gasteiger partial charge in [-0.2, -0.15) is 0 Å². The van der Waals surface area contributed by atoms with Crippen molar-refractivity contribution in [3.05, 3.63) is 36.4 Å². The van der Waals surface area contributed by atoms with Crippen LogP contribution in [0.4, 0.5) is 0 Å². The number of methoxy groups -OCH3 is 1. The third-order valence-electron chi connectivity index (χ3n) is 3.46. The van der Waals surface area contributed by atoms with E-state index in [1.165, 1.54) is 0 Å². The average Bonchev–Trinajstić information content (AvgIpc) is 2.53. The van der Waals surface area contributed by atoms with Crippen LogP contribution in [-0.4, -0.2) is 38.8 Å². The molecule has 1 heterocycles. The summed E-state index contributed by atoms with van der Waals surface area (Å²) in [6.45, 7) is 5.90. The van der Waals surface area contributed by atoms with Crippen molar-refractivity contribution in [2.24, 2.45) is 0 Å². The van der Waals surface area contributed by atoms with Crippen molar-refractivity contribution in [1.29, 1.82) is 0 Å². The van der Waals surface area contributed by atoms with E-state index in [-0.39, 0.29) is 11.9 Å². The van der Waals surface area contributed by atoms with E-state index in [4.69, 9.17) is 9.47 Å². The molecule has 2 rings (SSSR count). The molecule has 1 aliphatic heterocycles. The maximum absolute atomic E-state index is 12.3. The molecule has 0 radical (unpaired) electrons. The fraction of sp³-hybridized carbons (Fsp3) is 0.438. The predicted octanol–water partition coefficient (Wildman–Crippen LogP) is 1.74. The van der Waals surface area contributed by atoms with Gasteiger partial charge in [0.25, 0.3) is 5.91 Å². The van der Waals surface area contributed by atoms with Crippen LogP contribution in [0.2, 0.25) is 0 Å². The molecule has 2 N–H and O–H groups in total. The van der Waals surface area contributed by atoms with Gasteiger partial charge in [0, 0.05) is 11.6 Å². The molecule has 0 aromatic heterocycles. The Morgan fingerprint density at radius 3 is 2.86 bits per heavy atom. The molecule has 0 saturated carbocycles. The number of hydrogen-bond acceptors (Lipinski definition) is 4. The number of rotatable bonds is 6. The van der Waals surface area contributed by atoms with Gasteiger partial charge in [-0.25, -0.2) is 0 Å². The Bertz CT molecular complexity index is 496. The van der Waals surface area contributed by atoms with E-state index in [9.17, 15) is 4.79 Å². The molecule has 0 spiro atoms. The molecule has 114 valence electrons. The first-order valence-electron chi connectivity index (χ1n) is 7.18. The number of benzene rings is 1. The highest BCUT2D eigenvalue weighted by Crippen LogP contribution is 2.28. The van der Waals surface area contributed by atoms with Crippen LogP contribution >= 0.6 is 0 Å². The van der Waals surface area contributed by atoms with Crippen LogP contribution in [0.1, 0.15) is 23.2 Å². The Hall–Kier alpha value is -2.01. The highest BCUT2D eigenvalue weighted by atomic mass is 16.5. The predicted molar refractivity (Wildman–Crippen MR) is 82.0 cm³/mol. The maximum atomic E-state index is 12.3. The molecule has 1 saturated heterocycles. The molecule has 1 aliphatic rings. The molecule has 1 fully saturated rings. The molecule has 1 aromatic carbocycles. The largest absolute Gasteiger partial charge is 0.493 e. The first-order valence-corrected chi connectivity index (χ1v) is 7.18. The van der Waals surface area contributed by atoms with Crippen LogP contribution in [0.5, 0.6) is 11.5 Å². The monoisotopic (exact) mass is 290 g/mol. The lowest BCUT2D eigenvalue weighted by molar-refractivity contribution is 0.0929. The first-order chi connectivity index (χ1) is 10.2. The van der Waals surface area contributed by atoms with E-state index in [0.717, 1.165) is 25.9 Å². The smallest absolute Gasteiger partial charge is 0.251 e. The van der Waals surface area contributed by atoms with E-state index in [0.29, 0.717) is 23.7 Å². The Morgan fingerprint density at radius 1 is 1.43 bits per heavy atom. The maximum Gasteiger partial charge on any atom is 0.251 e. The van der Waals surface area contributed by atoms with Gasteiger partial charge in [-0.1, -0.05) is 12.7 Å². The van der Waals surface area contributed by atoms with Gasteiger partial charge in [0.1, 0.15) is 6.61 Å². The van der Waals surface area contributed by atoms with Crippen molar-refractivity contribution in [3.8, 4) is 11.5 Å². The van der Waals surface area contributed by atoms with Crippen molar-refractivity contribution >= 4 is 5.91 Å². The van der Waals surface area contributed by atoms with Crippen molar-refractivity contribution in [2.75, 3.05) is 26.8 Å². The molecule has 5 heteroatoms. The van der Waals surface area contributed by atoms with Gasteiger partial charge in [0.2, 0.25) is 0 Å². The SMILES string of the molecule is C=CCOc1ccc(C(=O)NC2CCNCC2)cc1OC. The Labute approximate surface area is 125 Å². The lowest BCUT2D eigenvalue weighted by Crippen LogP contribution is -2.42. The number of amides is 1. The minimum atomic E-state index is -0.0736. The van der Waals surface area contributed by atoms with Gasteiger partial charge in [-0.05, 0) is 44.1 Å². The van der Waals surface area contributed by atoms with Crippen LogP contribution in [0.15, 0.2) is 30.9 Å². The summed E-state index contributed by atoms with van der Waals surface area (Å²) in [4.78, 5) is 12.3. The Kier molecular flexibility index (Phi) is 5.63. The average molecular weight is 290 g/mol. The van der Waals surface area contributed by atoms with Crippen molar-refractivity contribution in [3.63, 3.8) is 0 Å². The fourth-order valence-corrected chi connectivity index (χ4v) is 2.31. The highest BCUT2D eigenvalue weighted by molar-refractivity contribution is 5.95. The third kappa shape index (κ3) is 4.23. The second-order valence-electron chi connectivity index (χ2n) is 4.96. The highest BCUT2D eigenvalue weighted by Gasteiger charge is 2.17. The first kappa shape index (κ1) is 15.4. The zero-order chi connectivity index (χ0) is 15.1. The fourth-order valence-electron chi connectivity index (χ4n) is 2.31. The van der Waals surface area contributed by atoms with Crippen LogP contribution in [0.3, 0.4) is 0 Å². The molecule has 0 atom stereocenters. The summed E-state index contributed by atoms with van der Waals surface area (Å²) >= 11 is 0. The molecule has 0 unspecified atom stereocenters. The quantitative estimate of drug-likeness (QED) is 0.784. The summed E-state index contributed by atoms with van der Waals surface area (Å²) in [5.74, 6) is 1.08. The van der Waals surface area contributed by atoms with Gasteiger partial charge >= 0.3 is 0 Å². The molecular weight excluding hydrogens is 268 g/mol. The summed E-state index contributed by atoms with van der Waals surface area (Å²) in [6, 6.07) is 5.44. The van der Waals surface area contributed by atoms with E-state index in [2.05, 4.69) is 17.2 Å². The number of piperidine rings is 1. The van der Waals surface area contributed by atoms with Crippen LogP contribution in [0, 0.1) is 0 Å². The van der Waals surface area contributed by atoms with Gasteiger partial charge in [0.05, 0.1) is 7.11 Å². The second-order valence-corrected chi connectivity index (χ2v) is 4.96. The van der Waals surface area contributed by atoms with Crippen molar-refractivity contribution in [2.45, 2.75) is 18.9 Å². The molecule has 0 aliphatic carbocycles. The standard InChI is InChI=1S/C16H22N2O3/c1-3-10-21-14-5-4-12(11-15(14)20-2)16(19)18-13-6-8-17-9-7-13/h3-5,11,13,17H,1,6-10H2,2H3,(H,18,19). The van der Waals surface area contributed by atoms with Gasteiger partial charge in [-0.15, -0.1) is 0 Å². The van der Waals surface area contributed by atoms with Crippen molar-refractivity contribution in [1.82, 2.24) is 10.6 Å². The molecule has 1 aromatic rings. The number of nitrogens with one attached hydrogen (secondary N) is 2. The number of carbonyl (C=O) groups excluding carboxylic acids is 1. The lowest BCUT2D eigenvalue weighted by atomic mass is 10.1. The zero-order valence-corrected chi connectivity index (χ0v) is 12.4. The topological polar surface area (TPSA) is 59.6 Å². The molecule has 1 amide bonds. The number of carbonyl (C=O) groups is 1. The second kappa shape index (κ2) is 7.69. The molecule has 5 nitrogen and oxygen atoms in total. The van der Waals surface area contributed by atoms with E-state index in [1.807, 2.05) is 0 Å². The third-order valence-corrected chi connectivity index (χ3v) is 3.46. The van der Waals surface area contributed by atoms with Gasteiger partial charge in [0.15, 0.2) is 11.5 Å². The van der Waals surface area contributed by atoms with Crippen LogP contribution in [-0.2, 0) is 0 Å². The summed E-state index contributed by atoms with van der Waals surface area (Å²) in [7, 11) is 1.56. The van der Waals surface area contributed by atoms with E-state index < -0.39 is 0 Å². The normalized spacial score (nSPS) is 15.3. The number of hydrogen-bond donors (Lipinski definition) is 2. The number of ether oxygens (including phenoxy) is 2. The van der Waals surface area contributed by atoms with E-state index >= 15 is 0 Å². The Morgan fingerprint density at radius 2 is 2.19 bits per heavy atom. The minimum Gasteiger partial charge on any atom is -0.493 e. The van der Waals surface area contributed by atoms with Crippen LogP contribution in [0.25, 0.3) is 0 Å². The van der Waals surface area contributed by atoms with Gasteiger partial charge < -0.3 is 20.1 Å². The van der Waals surface area contributed by atoms with E-state index in [1.54, 1.807) is 31.4 Å². The summed E-state index contributed by atoms with van der Waals surface area (Å²) in [5, 5.41) is 6.33. The summed E-state index contributed by atoms with van der Waals surface area (Å²) < 4.78 is 10.8. The molecular formula is C16H22N2O3. The lowest BCUT2D eigenvalue weighted by Gasteiger charge is -2.23.